The van der Waals surface area contributed by atoms with Gasteiger partial charge < -0.3 is 9.15 Å². The molecule has 0 fully saturated rings. The maximum atomic E-state index is 11.9. The first-order valence-electron chi connectivity index (χ1n) is 5.52. The van der Waals surface area contributed by atoms with Gasteiger partial charge in [0, 0.05) is 5.39 Å². The summed E-state index contributed by atoms with van der Waals surface area (Å²) >= 11 is 0. The third kappa shape index (κ3) is 1.75. The van der Waals surface area contributed by atoms with Gasteiger partial charge in [0.1, 0.15) is 17.6 Å². The molecule has 7 heteroatoms. The lowest BCUT2D eigenvalue weighted by molar-refractivity contribution is -0.141. The van der Waals surface area contributed by atoms with E-state index in [0.29, 0.717) is 16.5 Å². The van der Waals surface area contributed by atoms with E-state index < -0.39 is 11.6 Å². The van der Waals surface area contributed by atoms with Gasteiger partial charge in [0.05, 0.1) is 7.11 Å². The van der Waals surface area contributed by atoms with E-state index in [0.717, 1.165) is 0 Å². The molecule has 7 nitrogen and oxygen atoms in total. The molecule has 0 saturated heterocycles. The van der Waals surface area contributed by atoms with Crippen LogP contribution in [0.1, 0.15) is 0 Å². The molecule has 0 N–H and O–H groups in total. The summed E-state index contributed by atoms with van der Waals surface area (Å²) in [6, 6.07) is 7.02. The number of carbonyl (C=O) groups excluding carboxylic acids is 1. The van der Waals surface area contributed by atoms with Crippen LogP contribution in [0.25, 0.3) is 22.0 Å². The third-order valence-corrected chi connectivity index (χ3v) is 2.78. The Bertz CT molecular complexity index is 834. The highest BCUT2D eigenvalue weighted by molar-refractivity contribution is 6.00. The van der Waals surface area contributed by atoms with Gasteiger partial charge in [0.25, 0.3) is 0 Å². The maximum Gasteiger partial charge on any atom is 0.364 e. The van der Waals surface area contributed by atoms with Gasteiger partial charge in [-0.2, -0.15) is 0 Å². The number of fused-ring (bicyclic) bond motifs is 3. The first kappa shape index (κ1) is 11.4. The van der Waals surface area contributed by atoms with Crippen molar-refractivity contribution in [2.24, 2.45) is 0 Å². The third-order valence-electron chi connectivity index (χ3n) is 2.78. The van der Waals surface area contributed by atoms with Crippen molar-refractivity contribution >= 4 is 28.0 Å². The summed E-state index contributed by atoms with van der Waals surface area (Å²) in [6.45, 7) is -0.184. The number of rotatable bonds is 2. The van der Waals surface area contributed by atoms with E-state index in [2.05, 4.69) is 15.0 Å². The number of esters is 1. The fourth-order valence-electron chi connectivity index (χ4n) is 1.89. The van der Waals surface area contributed by atoms with Crippen molar-refractivity contribution in [3.05, 3.63) is 34.7 Å². The number of ether oxygens (including phenoxy) is 1. The first-order valence-corrected chi connectivity index (χ1v) is 5.52. The SMILES string of the molecule is COC(=O)Cn1nnc2c3ccccc3oc(=O)c21. The Morgan fingerprint density at radius 3 is 3.00 bits per heavy atom. The molecule has 0 unspecified atom stereocenters. The molecule has 3 rings (SSSR count). The van der Waals surface area contributed by atoms with Gasteiger partial charge in [-0.1, -0.05) is 17.3 Å². The molecule has 2 heterocycles. The minimum atomic E-state index is -0.581. The van der Waals surface area contributed by atoms with Crippen molar-refractivity contribution in [3.63, 3.8) is 0 Å². The molecule has 0 aliphatic rings. The van der Waals surface area contributed by atoms with Crippen LogP contribution in [0.3, 0.4) is 0 Å². The average Bonchev–Trinajstić information content (AvgIpc) is 2.83. The second kappa shape index (κ2) is 4.20. The molecule has 96 valence electrons. The predicted octanol–water partition coefficient (Wildman–Crippen LogP) is 0.711. The van der Waals surface area contributed by atoms with Gasteiger partial charge in [0.15, 0.2) is 5.52 Å². The van der Waals surface area contributed by atoms with E-state index in [1.165, 1.54) is 11.8 Å². The van der Waals surface area contributed by atoms with Crippen molar-refractivity contribution in [1.29, 1.82) is 0 Å². The van der Waals surface area contributed by atoms with Crippen LogP contribution in [-0.2, 0) is 16.1 Å². The molecule has 0 amide bonds. The second-order valence-corrected chi connectivity index (χ2v) is 3.91. The zero-order valence-corrected chi connectivity index (χ0v) is 9.99. The average molecular weight is 259 g/mol. The Balaban J connectivity index is 2.31. The number of benzene rings is 1. The highest BCUT2D eigenvalue weighted by Gasteiger charge is 2.16. The number of hydrogen-bond donors (Lipinski definition) is 0. The Hall–Kier alpha value is -2.70. The molecule has 0 bridgehead atoms. The lowest BCUT2D eigenvalue weighted by Crippen LogP contribution is -2.16. The van der Waals surface area contributed by atoms with Crippen molar-refractivity contribution in [3.8, 4) is 0 Å². The van der Waals surface area contributed by atoms with E-state index in [1.807, 2.05) is 0 Å². The monoisotopic (exact) mass is 259 g/mol. The Morgan fingerprint density at radius 2 is 2.21 bits per heavy atom. The maximum absolute atomic E-state index is 11.9. The first-order chi connectivity index (χ1) is 9.20. The number of nitrogens with zero attached hydrogens (tertiary/aromatic N) is 3. The molecule has 0 aliphatic carbocycles. The van der Waals surface area contributed by atoms with Crippen molar-refractivity contribution in [2.45, 2.75) is 6.54 Å². The minimum Gasteiger partial charge on any atom is -0.468 e. The number of hydrogen-bond acceptors (Lipinski definition) is 6. The minimum absolute atomic E-state index is 0.157. The largest absolute Gasteiger partial charge is 0.468 e. The van der Waals surface area contributed by atoms with Gasteiger partial charge in [-0.25, -0.2) is 9.48 Å². The van der Waals surface area contributed by atoms with E-state index in [-0.39, 0.29) is 12.1 Å². The van der Waals surface area contributed by atoms with E-state index in [1.54, 1.807) is 24.3 Å². The summed E-state index contributed by atoms with van der Waals surface area (Å²) in [6.07, 6.45) is 0. The Labute approximate surface area is 106 Å². The van der Waals surface area contributed by atoms with Crippen LogP contribution < -0.4 is 5.63 Å². The van der Waals surface area contributed by atoms with Gasteiger partial charge in [-0.15, -0.1) is 5.10 Å². The summed E-state index contributed by atoms with van der Waals surface area (Å²) in [5.41, 5.74) is 0.424. The molecule has 2 aromatic heterocycles. The van der Waals surface area contributed by atoms with Gasteiger partial charge in [0.2, 0.25) is 0 Å². The van der Waals surface area contributed by atoms with Crippen molar-refractivity contribution < 1.29 is 13.9 Å². The summed E-state index contributed by atoms with van der Waals surface area (Å²) < 4.78 is 10.9. The predicted molar refractivity (Wildman–Crippen MR) is 65.6 cm³/mol. The fourth-order valence-corrected chi connectivity index (χ4v) is 1.89. The molecule has 3 aromatic rings. The summed E-state index contributed by atoms with van der Waals surface area (Å²) in [5, 5.41) is 8.41. The molecular weight excluding hydrogens is 250 g/mol. The smallest absolute Gasteiger partial charge is 0.364 e. The van der Waals surface area contributed by atoms with Gasteiger partial charge in [-0.05, 0) is 12.1 Å². The quantitative estimate of drug-likeness (QED) is 0.497. The van der Waals surface area contributed by atoms with Crippen LogP contribution in [0, 0.1) is 0 Å². The highest BCUT2D eigenvalue weighted by Crippen LogP contribution is 2.19. The normalized spacial score (nSPS) is 11.0. The number of aromatic nitrogens is 3. The molecule has 0 spiro atoms. The molecule has 0 aliphatic heterocycles. The molecule has 19 heavy (non-hydrogen) atoms. The summed E-state index contributed by atoms with van der Waals surface area (Å²) in [4.78, 5) is 23.2. The molecule has 0 saturated carbocycles. The van der Waals surface area contributed by atoms with Crippen LogP contribution in [0.4, 0.5) is 0 Å². The summed E-state index contributed by atoms with van der Waals surface area (Å²) in [7, 11) is 1.26. The number of carbonyl (C=O) groups is 1. The van der Waals surface area contributed by atoms with Crippen LogP contribution in [0.5, 0.6) is 0 Å². The van der Waals surface area contributed by atoms with E-state index in [4.69, 9.17) is 4.42 Å². The fraction of sp³-hybridized carbons (Fsp3) is 0.167. The molecular formula is C12H9N3O4. The van der Waals surface area contributed by atoms with Crippen LogP contribution in [-0.4, -0.2) is 28.1 Å². The standard InChI is InChI=1S/C12H9N3O4/c1-18-9(16)6-15-11-10(13-14-15)7-4-2-3-5-8(7)19-12(11)17/h2-5H,6H2,1H3. The topological polar surface area (TPSA) is 87.2 Å². The van der Waals surface area contributed by atoms with Crippen molar-refractivity contribution in [2.75, 3.05) is 7.11 Å². The lowest BCUT2D eigenvalue weighted by atomic mass is 10.2. The van der Waals surface area contributed by atoms with Gasteiger partial charge >= 0.3 is 11.6 Å². The Morgan fingerprint density at radius 1 is 1.42 bits per heavy atom. The second-order valence-electron chi connectivity index (χ2n) is 3.91. The molecule has 1 aromatic carbocycles. The van der Waals surface area contributed by atoms with Crippen LogP contribution >= 0.6 is 0 Å². The van der Waals surface area contributed by atoms with Gasteiger partial charge in [-0.3, -0.25) is 4.79 Å². The number of para-hydroxylation sites is 1. The van der Waals surface area contributed by atoms with Crippen molar-refractivity contribution in [1.82, 2.24) is 15.0 Å². The molecule has 0 radical (unpaired) electrons. The van der Waals surface area contributed by atoms with Crippen LogP contribution in [0.15, 0.2) is 33.5 Å². The van der Waals surface area contributed by atoms with E-state index in [9.17, 15) is 9.59 Å². The number of methoxy groups -OCH3 is 1. The van der Waals surface area contributed by atoms with E-state index >= 15 is 0 Å². The zero-order valence-electron chi connectivity index (χ0n) is 9.99. The summed E-state index contributed by atoms with van der Waals surface area (Å²) in [5.74, 6) is -0.514. The lowest BCUT2D eigenvalue weighted by Gasteiger charge is -2.00. The zero-order chi connectivity index (χ0) is 13.4. The molecule has 0 atom stereocenters. The van der Waals surface area contributed by atoms with Crippen LogP contribution in [0.2, 0.25) is 0 Å². The Kier molecular flexibility index (Phi) is 2.52. The highest BCUT2D eigenvalue weighted by atomic mass is 16.5.